The van der Waals surface area contributed by atoms with E-state index in [1.165, 1.54) is 0 Å². The standard InChI is InChI=1S/C10H10N2OS.C2H6/c1-14-7-9-11-12-10(13-9)8-5-3-2-4-6-8;1-2/h2-6H,7H2,1H3;1-2H3. The van der Waals surface area contributed by atoms with Gasteiger partial charge in [0.2, 0.25) is 11.8 Å². The third kappa shape index (κ3) is 3.38. The Kier molecular flexibility index (Phi) is 5.64. The van der Waals surface area contributed by atoms with E-state index in [2.05, 4.69) is 10.2 Å². The maximum Gasteiger partial charge on any atom is 0.247 e. The Morgan fingerprint density at radius 2 is 1.81 bits per heavy atom. The first-order chi connectivity index (χ1) is 7.90. The number of aromatic nitrogens is 2. The predicted octanol–water partition coefficient (Wildman–Crippen LogP) is 3.63. The smallest absolute Gasteiger partial charge is 0.247 e. The molecule has 0 atom stereocenters. The molecule has 0 N–H and O–H groups in total. The van der Waals surface area contributed by atoms with Gasteiger partial charge in [0.15, 0.2) is 0 Å². The van der Waals surface area contributed by atoms with Gasteiger partial charge in [-0.3, -0.25) is 0 Å². The molecule has 3 nitrogen and oxygen atoms in total. The van der Waals surface area contributed by atoms with Crippen molar-refractivity contribution < 1.29 is 4.42 Å². The Morgan fingerprint density at radius 3 is 2.44 bits per heavy atom. The summed E-state index contributed by atoms with van der Waals surface area (Å²) in [5.74, 6) is 2.03. The van der Waals surface area contributed by atoms with Crippen molar-refractivity contribution in [2.45, 2.75) is 19.6 Å². The summed E-state index contributed by atoms with van der Waals surface area (Å²) in [5.41, 5.74) is 0.965. The van der Waals surface area contributed by atoms with Gasteiger partial charge in [0, 0.05) is 5.56 Å². The molecule has 0 unspecified atom stereocenters. The minimum absolute atomic E-state index is 0.592. The van der Waals surface area contributed by atoms with E-state index in [1.807, 2.05) is 50.4 Å². The fourth-order valence-corrected chi connectivity index (χ4v) is 1.50. The summed E-state index contributed by atoms with van der Waals surface area (Å²) in [4.78, 5) is 0. The molecule has 0 saturated heterocycles. The fourth-order valence-electron chi connectivity index (χ4n) is 1.13. The van der Waals surface area contributed by atoms with E-state index < -0.39 is 0 Å². The maximum absolute atomic E-state index is 5.47. The largest absolute Gasteiger partial charge is 0.420 e. The molecule has 86 valence electrons. The molecule has 0 aliphatic rings. The Bertz CT molecular complexity index is 400. The van der Waals surface area contributed by atoms with Gasteiger partial charge < -0.3 is 4.42 Å². The summed E-state index contributed by atoms with van der Waals surface area (Å²) in [6.45, 7) is 4.00. The first kappa shape index (κ1) is 12.8. The Hall–Kier alpha value is -1.29. The Balaban J connectivity index is 0.000000606. The van der Waals surface area contributed by atoms with Crippen LogP contribution in [0.25, 0.3) is 11.5 Å². The molecule has 1 aromatic carbocycles. The lowest BCUT2D eigenvalue weighted by molar-refractivity contribution is 0.528. The molecule has 2 rings (SSSR count). The van der Waals surface area contributed by atoms with E-state index in [-0.39, 0.29) is 0 Å². The molecule has 4 heteroatoms. The molecular formula is C12H16N2OS. The normalized spacial score (nSPS) is 9.44. The van der Waals surface area contributed by atoms with Gasteiger partial charge in [0.25, 0.3) is 0 Å². The van der Waals surface area contributed by atoms with E-state index in [0.29, 0.717) is 11.8 Å². The maximum atomic E-state index is 5.47. The summed E-state index contributed by atoms with van der Waals surface area (Å²) >= 11 is 1.67. The van der Waals surface area contributed by atoms with Crippen molar-refractivity contribution in [3.05, 3.63) is 36.2 Å². The monoisotopic (exact) mass is 236 g/mol. The molecule has 0 amide bonds. The predicted molar refractivity (Wildman–Crippen MR) is 68.3 cm³/mol. The number of rotatable bonds is 3. The second kappa shape index (κ2) is 7.06. The zero-order chi connectivity index (χ0) is 11.8. The summed E-state index contributed by atoms with van der Waals surface area (Å²) < 4.78 is 5.47. The minimum Gasteiger partial charge on any atom is -0.420 e. The Morgan fingerprint density at radius 1 is 1.12 bits per heavy atom. The number of hydrogen-bond acceptors (Lipinski definition) is 4. The SMILES string of the molecule is CC.CSCc1nnc(-c2ccccc2)o1. The quantitative estimate of drug-likeness (QED) is 0.815. The molecule has 16 heavy (non-hydrogen) atoms. The van der Waals surface area contributed by atoms with Gasteiger partial charge in [-0.2, -0.15) is 11.8 Å². The summed E-state index contributed by atoms with van der Waals surface area (Å²) in [6, 6.07) is 9.77. The molecule has 1 heterocycles. The van der Waals surface area contributed by atoms with Crippen molar-refractivity contribution in [1.82, 2.24) is 10.2 Å². The van der Waals surface area contributed by atoms with Crippen molar-refractivity contribution in [3.63, 3.8) is 0 Å². The minimum atomic E-state index is 0.592. The van der Waals surface area contributed by atoms with Crippen LogP contribution in [0.2, 0.25) is 0 Å². The van der Waals surface area contributed by atoms with Crippen LogP contribution in [0.3, 0.4) is 0 Å². The molecule has 0 radical (unpaired) electrons. The van der Waals surface area contributed by atoms with Crippen molar-refractivity contribution in [2.24, 2.45) is 0 Å². The molecular weight excluding hydrogens is 220 g/mol. The van der Waals surface area contributed by atoms with Crippen LogP contribution >= 0.6 is 11.8 Å². The van der Waals surface area contributed by atoms with Gasteiger partial charge in [-0.05, 0) is 18.4 Å². The van der Waals surface area contributed by atoms with Crippen LogP contribution in [-0.4, -0.2) is 16.5 Å². The first-order valence-electron chi connectivity index (χ1n) is 5.27. The highest BCUT2D eigenvalue weighted by Crippen LogP contribution is 2.18. The third-order valence-corrected chi connectivity index (χ3v) is 2.29. The average molecular weight is 236 g/mol. The van der Waals surface area contributed by atoms with Crippen molar-refractivity contribution >= 4 is 11.8 Å². The second-order valence-electron chi connectivity index (χ2n) is 2.80. The fraction of sp³-hybridized carbons (Fsp3) is 0.333. The third-order valence-electron chi connectivity index (χ3n) is 1.76. The number of benzene rings is 1. The second-order valence-corrected chi connectivity index (χ2v) is 3.67. The average Bonchev–Trinajstić information content (AvgIpc) is 2.82. The topological polar surface area (TPSA) is 38.9 Å². The highest BCUT2D eigenvalue weighted by molar-refractivity contribution is 7.97. The van der Waals surface area contributed by atoms with E-state index in [9.17, 15) is 0 Å². The van der Waals surface area contributed by atoms with Crippen LogP contribution in [0.4, 0.5) is 0 Å². The summed E-state index contributed by atoms with van der Waals surface area (Å²) in [7, 11) is 0. The molecule has 0 fully saturated rings. The van der Waals surface area contributed by atoms with Gasteiger partial charge in [-0.15, -0.1) is 10.2 Å². The van der Waals surface area contributed by atoms with Gasteiger partial charge in [-0.25, -0.2) is 0 Å². The van der Waals surface area contributed by atoms with Gasteiger partial charge in [-0.1, -0.05) is 32.0 Å². The van der Waals surface area contributed by atoms with E-state index in [4.69, 9.17) is 4.42 Å². The highest BCUT2D eigenvalue weighted by atomic mass is 32.2. The molecule has 1 aromatic heterocycles. The zero-order valence-corrected chi connectivity index (χ0v) is 10.6. The summed E-state index contributed by atoms with van der Waals surface area (Å²) in [6.07, 6.45) is 2.01. The van der Waals surface area contributed by atoms with Gasteiger partial charge in [0.1, 0.15) is 0 Å². The van der Waals surface area contributed by atoms with Crippen LogP contribution in [0.15, 0.2) is 34.7 Å². The van der Waals surface area contributed by atoms with Crippen LogP contribution in [-0.2, 0) is 5.75 Å². The molecule has 0 spiro atoms. The van der Waals surface area contributed by atoms with Crippen molar-refractivity contribution in [2.75, 3.05) is 6.26 Å². The zero-order valence-electron chi connectivity index (χ0n) is 9.80. The van der Waals surface area contributed by atoms with E-state index in [0.717, 1.165) is 11.3 Å². The number of thioether (sulfide) groups is 1. The lowest BCUT2D eigenvalue weighted by atomic mass is 10.2. The number of nitrogens with zero attached hydrogens (tertiary/aromatic N) is 2. The van der Waals surface area contributed by atoms with Crippen LogP contribution in [0.1, 0.15) is 19.7 Å². The van der Waals surface area contributed by atoms with Crippen molar-refractivity contribution in [3.8, 4) is 11.5 Å². The first-order valence-corrected chi connectivity index (χ1v) is 6.66. The molecule has 0 bridgehead atoms. The molecule has 0 saturated carbocycles. The number of hydrogen-bond donors (Lipinski definition) is 0. The van der Waals surface area contributed by atoms with Gasteiger partial charge >= 0.3 is 0 Å². The highest BCUT2D eigenvalue weighted by Gasteiger charge is 2.06. The van der Waals surface area contributed by atoms with E-state index in [1.54, 1.807) is 11.8 Å². The van der Waals surface area contributed by atoms with Crippen LogP contribution in [0, 0.1) is 0 Å². The van der Waals surface area contributed by atoms with Crippen LogP contribution in [0.5, 0.6) is 0 Å². The van der Waals surface area contributed by atoms with Crippen LogP contribution < -0.4 is 0 Å². The summed E-state index contributed by atoms with van der Waals surface area (Å²) in [5, 5.41) is 7.92. The Labute approximate surface area is 100 Å². The molecule has 2 aromatic rings. The van der Waals surface area contributed by atoms with Crippen molar-refractivity contribution in [1.29, 1.82) is 0 Å². The molecule has 0 aliphatic carbocycles. The lowest BCUT2D eigenvalue weighted by Crippen LogP contribution is -1.77. The lowest BCUT2D eigenvalue weighted by Gasteiger charge is -1.91. The van der Waals surface area contributed by atoms with E-state index >= 15 is 0 Å². The van der Waals surface area contributed by atoms with Gasteiger partial charge in [0.05, 0.1) is 5.75 Å². The molecule has 0 aliphatic heterocycles.